The lowest BCUT2D eigenvalue weighted by atomic mass is 10.2. The van der Waals surface area contributed by atoms with Crippen molar-refractivity contribution in [3.63, 3.8) is 0 Å². The molecule has 0 spiro atoms. The van der Waals surface area contributed by atoms with Gasteiger partial charge in [0, 0.05) is 65.0 Å². The third-order valence-corrected chi connectivity index (χ3v) is 5.34. The van der Waals surface area contributed by atoms with Crippen LogP contribution in [0.4, 0.5) is 5.95 Å². The molecule has 0 unspecified atom stereocenters. The van der Waals surface area contributed by atoms with Gasteiger partial charge in [0.15, 0.2) is 0 Å². The number of piperazine rings is 1. The molecule has 1 aromatic heterocycles. The van der Waals surface area contributed by atoms with Gasteiger partial charge in [0.05, 0.1) is 24.2 Å². The second-order valence-corrected chi connectivity index (χ2v) is 7.12. The number of amides is 1. The lowest BCUT2D eigenvalue weighted by molar-refractivity contribution is 0.0947. The monoisotopic (exact) mass is 372 g/mol. The largest absolute Gasteiger partial charge is 0.378 e. The number of fused-ring (bicyclic) bond motifs is 1. The van der Waals surface area contributed by atoms with Crippen molar-refractivity contribution in [3.8, 4) is 0 Å². The summed E-state index contributed by atoms with van der Waals surface area (Å²) in [6.45, 7) is 8.82. The highest BCUT2D eigenvalue weighted by molar-refractivity contribution is 5.97. The second-order valence-electron chi connectivity index (χ2n) is 7.12. The normalized spacial score (nSPS) is 18.8. The van der Waals surface area contributed by atoms with Gasteiger partial charge in [-0.3, -0.25) is 9.69 Å². The number of nitrogens with zero attached hydrogens (tertiary/aromatic N) is 4. The van der Waals surface area contributed by atoms with E-state index >= 15 is 0 Å². The number of hydrogen-bond donors (Lipinski definition) is 2. The molecule has 146 valence electrons. The van der Waals surface area contributed by atoms with Crippen molar-refractivity contribution < 1.29 is 9.53 Å². The molecule has 0 saturated carbocycles. The van der Waals surface area contributed by atoms with Gasteiger partial charge in [0.25, 0.3) is 5.91 Å². The number of carbonyl (C=O) groups excluding carboxylic acids is 1. The van der Waals surface area contributed by atoms with Gasteiger partial charge in [-0.05, 0) is 18.2 Å². The van der Waals surface area contributed by atoms with Crippen LogP contribution in [0.1, 0.15) is 10.4 Å². The van der Waals surface area contributed by atoms with Gasteiger partial charge in [-0.15, -0.1) is 0 Å². The number of benzene rings is 1. The molecular formula is C19H28N6O2. The molecule has 0 bridgehead atoms. The van der Waals surface area contributed by atoms with E-state index in [4.69, 9.17) is 9.72 Å². The molecule has 8 nitrogen and oxygen atoms in total. The summed E-state index contributed by atoms with van der Waals surface area (Å²) in [5, 5.41) is 6.37. The van der Waals surface area contributed by atoms with Crippen LogP contribution in [0, 0.1) is 0 Å². The standard InChI is InChI=1S/C19H28N6O2/c1-23-17-3-2-15(18(26)21-6-9-24-7-4-20-5-8-24)14-16(17)22-19(23)25-10-12-27-13-11-25/h2-3,14,20H,4-13H2,1H3,(H,21,26). The average Bonchev–Trinajstić information content (AvgIpc) is 3.05. The Morgan fingerprint density at radius 2 is 2.00 bits per heavy atom. The number of carbonyl (C=O) groups is 1. The number of nitrogens with one attached hydrogen (secondary N) is 2. The summed E-state index contributed by atoms with van der Waals surface area (Å²) in [7, 11) is 2.02. The Labute approximate surface area is 159 Å². The Hall–Kier alpha value is -2.16. The van der Waals surface area contributed by atoms with Crippen LogP contribution in [0.5, 0.6) is 0 Å². The van der Waals surface area contributed by atoms with Crippen molar-refractivity contribution in [1.29, 1.82) is 0 Å². The zero-order valence-electron chi connectivity index (χ0n) is 15.9. The van der Waals surface area contributed by atoms with Crippen molar-refractivity contribution in [2.24, 2.45) is 7.05 Å². The number of aryl methyl sites for hydroxylation is 1. The number of anilines is 1. The topological polar surface area (TPSA) is 74.7 Å². The van der Waals surface area contributed by atoms with Crippen LogP contribution < -0.4 is 15.5 Å². The predicted octanol–water partition coefficient (Wildman–Crippen LogP) is 0.0449. The van der Waals surface area contributed by atoms with Crippen LogP contribution in [0.3, 0.4) is 0 Å². The molecule has 2 aromatic rings. The summed E-state index contributed by atoms with van der Waals surface area (Å²) < 4.78 is 7.52. The fourth-order valence-corrected chi connectivity index (χ4v) is 3.74. The number of imidazole rings is 1. The first-order chi connectivity index (χ1) is 13.2. The molecule has 1 amide bonds. The fourth-order valence-electron chi connectivity index (χ4n) is 3.74. The zero-order chi connectivity index (χ0) is 18.6. The highest BCUT2D eigenvalue weighted by Gasteiger charge is 2.18. The average molecular weight is 372 g/mol. The predicted molar refractivity (Wildman–Crippen MR) is 105 cm³/mol. The van der Waals surface area contributed by atoms with Gasteiger partial charge >= 0.3 is 0 Å². The van der Waals surface area contributed by atoms with E-state index in [1.165, 1.54) is 0 Å². The van der Waals surface area contributed by atoms with Crippen molar-refractivity contribution in [2.45, 2.75) is 0 Å². The maximum atomic E-state index is 12.5. The van der Waals surface area contributed by atoms with Gasteiger partial charge in [0.2, 0.25) is 5.95 Å². The molecule has 2 aliphatic rings. The van der Waals surface area contributed by atoms with Gasteiger partial charge < -0.3 is 24.8 Å². The quantitative estimate of drug-likeness (QED) is 0.772. The summed E-state index contributed by atoms with van der Waals surface area (Å²) in [5.41, 5.74) is 2.55. The van der Waals surface area contributed by atoms with Crippen LogP contribution in [-0.4, -0.2) is 85.9 Å². The molecule has 2 fully saturated rings. The molecule has 2 N–H and O–H groups in total. The first kappa shape index (κ1) is 18.2. The maximum Gasteiger partial charge on any atom is 0.251 e. The van der Waals surface area contributed by atoms with E-state index in [0.29, 0.717) is 12.1 Å². The Kier molecular flexibility index (Phi) is 5.56. The van der Waals surface area contributed by atoms with Crippen LogP contribution in [-0.2, 0) is 11.8 Å². The van der Waals surface area contributed by atoms with E-state index in [9.17, 15) is 4.79 Å². The summed E-state index contributed by atoms with van der Waals surface area (Å²) in [4.78, 5) is 21.9. The smallest absolute Gasteiger partial charge is 0.251 e. The van der Waals surface area contributed by atoms with Crippen LogP contribution >= 0.6 is 0 Å². The summed E-state index contributed by atoms with van der Waals surface area (Å²) in [5.74, 6) is 0.898. The minimum Gasteiger partial charge on any atom is -0.378 e. The fraction of sp³-hybridized carbons (Fsp3) is 0.579. The molecule has 27 heavy (non-hydrogen) atoms. The highest BCUT2D eigenvalue weighted by atomic mass is 16.5. The Morgan fingerprint density at radius 3 is 2.78 bits per heavy atom. The van der Waals surface area contributed by atoms with Crippen molar-refractivity contribution in [2.75, 3.05) is 70.5 Å². The summed E-state index contributed by atoms with van der Waals surface area (Å²) >= 11 is 0. The number of hydrogen-bond acceptors (Lipinski definition) is 6. The van der Waals surface area contributed by atoms with Gasteiger partial charge in [-0.2, -0.15) is 0 Å². The van der Waals surface area contributed by atoms with Crippen molar-refractivity contribution in [3.05, 3.63) is 23.8 Å². The van der Waals surface area contributed by atoms with Gasteiger partial charge in [-0.1, -0.05) is 0 Å². The molecule has 2 aliphatic heterocycles. The molecule has 8 heteroatoms. The van der Waals surface area contributed by atoms with Gasteiger partial charge in [0.1, 0.15) is 0 Å². The van der Waals surface area contributed by atoms with Crippen molar-refractivity contribution in [1.82, 2.24) is 25.1 Å². The van der Waals surface area contributed by atoms with E-state index in [0.717, 1.165) is 76.0 Å². The molecule has 2 saturated heterocycles. The van der Waals surface area contributed by atoms with Crippen LogP contribution in [0.25, 0.3) is 11.0 Å². The summed E-state index contributed by atoms with van der Waals surface area (Å²) in [6, 6.07) is 5.75. The molecule has 0 atom stereocenters. The van der Waals surface area contributed by atoms with E-state index in [-0.39, 0.29) is 5.91 Å². The van der Waals surface area contributed by atoms with Crippen LogP contribution in [0.15, 0.2) is 18.2 Å². The minimum atomic E-state index is -0.0365. The van der Waals surface area contributed by atoms with E-state index in [1.807, 2.05) is 25.2 Å². The van der Waals surface area contributed by atoms with Gasteiger partial charge in [-0.25, -0.2) is 4.98 Å². The Balaban J connectivity index is 1.42. The van der Waals surface area contributed by atoms with E-state index in [1.54, 1.807) is 0 Å². The maximum absolute atomic E-state index is 12.5. The third kappa shape index (κ3) is 4.07. The molecule has 4 rings (SSSR count). The molecular weight excluding hydrogens is 344 g/mol. The zero-order valence-corrected chi connectivity index (χ0v) is 15.9. The Bertz CT molecular complexity index is 793. The van der Waals surface area contributed by atoms with E-state index < -0.39 is 0 Å². The van der Waals surface area contributed by atoms with Crippen molar-refractivity contribution >= 4 is 22.9 Å². The lowest BCUT2D eigenvalue weighted by Crippen LogP contribution is -2.46. The number of morpholine rings is 1. The molecule has 0 aliphatic carbocycles. The first-order valence-corrected chi connectivity index (χ1v) is 9.73. The SMILES string of the molecule is Cn1c(N2CCOCC2)nc2cc(C(=O)NCCN3CCNCC3)ccc21. The lowest BCUT2D eigenvalue weighted by Gasteiger charge is -2.27. The number of aromatic nitrogens is 2. The second kappa shape index (κ2) is 8.24. The number of ether oxygens (including phenoxy) is 1. The minimum absolute atomic E-state index is 0.0365. The van der Waals surface area contributed by atoms with E-state index in [2.05, 4.69) is 25.0 Å². The Morgan fingerprint density at radius 1 is 1.22 bits per heavy atom. The molecule has 0 radical (unpaired) electrons. The highest BCUT2D eigenvalue weighted by Crippen LogP contribution is 2.23. The number of rotatable bonds is 5. The van der Waals surface area contributed by atoms with Crippen LogP contribution in [0.2, 0.25) is 0 Å². The molecule has 3 heterocycles. The summed E-state index contributed by atoms with van der Waals surface area (Å²) in [6.07, 6.45) is 0. The first-order valence-electron chi connectivity index (χ1n) is 9.73. The molecule has 1 aromatic carbocycles. The third-order valence-electron chi connectivity index (χ3n) is 5.34.